The van der Waals surface area contributed by atoms with E-state index in [4.69, 9.17) is 9.47 Å². The molecule has 0 rings (SSSR count). The topological polar surface area (TPSA) is 18.5 Å². The zero-order chi connectivity index (χ0) is 8.69. The molecule has 0 N–H and O–H groups in total. The molecule has 11 heavy (non-hydrogen) atoms. The molecule has 2 heteroatoms. The molecule has 0 spiro atoms. The standard InChI is InChI=1S/C9H16O2/c1-5-10-7-9(8(3)4)11-6-2/h5-6,8-9H,1-2,7H2,3-4H3. The number of rotatable bonds is 6. The first kappa shape index (κ1) is 10.1. The molecule has 64 valence electrons. The number of hydrogen-bond acceptors (Lipinski definition) is 2. The molecule has 0 heterocycles. The maximum atomic E-state index is 5.20. The third-order valence-electron chi connectivity index (χ3n) is 1.39. The highest BCUT2D eigenvalue weighted by Gasteiger charge is 2.12. The van der Waals surface area contributed by atoms with Crippen molar-refractivity contribution in [3.8, 4) is 0 Å². The Bertz CT molecular complexity index is 119. The quantitative estimate of drug-likeness (QED) is 0.549. The van der Waals surface area contributed by atoms with E-state index in [2.05, 4.69) is 27.0 Å². The van der Waals surface area contributed by atoms with Crippen molar-refractivity contribution >= 4 is 0 Å². The predicted molar refractivity (Wildman–Crippen MR) is 46.1 cm³/mol. The van der Waals surface area contributed by atoms with Crippen LogP contribution < -0.4 is 0 Å². The first-order valence-corrected chi connectivity index (χ1v) is 3.71. The third kappa shape index (κ3) is 4.48. The van der Waals surface area contributed by atoms with Crippen LogP contribution in [0.1, 0.15) is 13.8 Å². The van der Waals surface area contributed by atoms with E-state index in [9.17, 15) is 0 Å². The summed E-state index contributed by atoms with van der Waals surface area (Å²) < 4.78 is 10.2. The minimum atomic E-state index is 0.0745. The highest BCUT2D eigenvalue weighted by atomic mass is 16.5. The van der Waals surface area contributed by atoms with Crippen LogP contribution in [-0.4, -0.2) is 12.7 Å². The van der Waals surface area contributed by atoms with Gasteiger partial charge in [-0.3, -0.25) is 0 Å². The Morgan fingerprint density at radius 2 is 1.91 bits per heavy atom. The van der Waals surface area contributed by atoms with Gasteiger partial charge in [0, 0.05) is 0 Å². The second kappa shape index (κ2) is 5.83. The van der Waals surface area contributed by atoms with Gasteiger partial charge in [0.1, 0.15) is 12.7 Å². The lowest BCUT2D eigenvalue weighted by Gasteiger charge is -2.19. The summed E-state index contributed by atoms with van der Waals surface area (Å²) in [5.74, 6) is 0.424. The molecule has 0 bridgehead atoms. The van der Waals surface area contributed by atoms with E-state index < -0.39 is 0 Å². The lowest BCUT2D eigenvalue weighted by Crippen LogP contribution is -2.22. The lowest BCUT2D eigenvalue weighted by molar-refractivity contribution is 0.0380. The van der Waals surface area contributed by atoms with Crippen molar-refractivity contribution in [2.24, 2.45) is 5.92 Å². The van der Waals surface area contributed by atoms with Gasteiger partial charge in [-0.2, -0.15) is 0 Å². The Morgan fingerprint density at radius 1 is 1.27 bits per heavy atom. The SMILES string of the molecule is C=COCC(OC=C)C(C)C. The van der Waals surface area contributed by atoms with Crippen LogP contribution in [0.2, 0.25) is 0 Å². The van der Waals surface area contributed by atoms with E-state index in [0.717, 1.165) is 0 Å². The second-order valence-corrected chi connectivity index (χ2v) is 2.59. The van der Waals surface area contributed by atoms with Crippen molar-refractivity contribution in [3.63, 3.8) is 0 Å². The molecule has 1 atom stereocenters. The van der Waals surface area contributed by atoms with Gasteiger partial charge in [-0.05, 0) is 5.92 Å². The van der Waals surface area contributed by atoms with Gasteiger partial charge >= 0.3 is 0 Å². The number of hydrogen-bond donors (Lipinski definition) is 0. The summed E-state index contributed by atoms with van der Waals surface area (Å²) in [6.07, 6.45) is 2.93. The summed E-state index contributed by atoms with van der Waals surface area (Å²) in [4.78, 5) is 0. The molecule has 0 aliphatic carbocycles. The first-order valence-electron chi connectivity index (χ1n) is 3.71. The van der Waals surface area contributed by atoms with Gasteiger partial charge in [-0.15, -0.1) is 0 Å². The Balaban J connectivity index is 3.68. The van der Waals surface area contributed by atoms with E-state index in [-0.39, 0.29) is 6.10 Å². The Labute approximate surface area is 68.5 Å². The summed E-state index contributed by atoms with van der Waals surface area (Å²) in [5.41, 5.74) is 0. The zero-order valence-corrected chi connectivity index (χ0v) is 7.25. The minimum absolute atomic E-state index is 0.0745. The van der Waals surface area contributed by atoms with Crippen molar-refractivity contribution < 1.29 is 9.47 Å². The van der Waals surface area contributed by atoms with Crippen LogP contribution in [0.3, 0.4) is 0 Å². The molecule has 0 saturated carbocycles. The molecule has 0 amide bonds. The van der Waals surface area contributed by atoms with Crippen molar-refractivity contribution in [1.82, 2.24) is 0 Å². The Morgan fingerprint density at radius 3 is 2.27 bits per heavy atom. The molecule has 0 aliphatic heterocycles. The van der Waals surface area contributed by atoms with Gasteiger partial charge in [-0.1, -0.05) is 27.0 Å². The smallest absolute Gasteiger partial charge is 0.134 e. The van der Waals surface area contributed by atoms with Crippen molar-refractivity contribution in [1.29, 1.82) is 0 Å². The fourth-order valence-corrected chi connectivity index (χ4v) is 0.675. The van der Waals surface area contributed by atoms with Crippen LogP contribution in [0.15, 0.2) is 25.7 Å². The molecule has 0 aromatic carbocycles. The van der Waals surface area contributed by atoms with Gasteiger partial charge in [0.2, 0.25) is 0 Å². The van der Waals surface area contributed by atoms with E-state index in [1.807, 2.05) is 0 Å². The fraction of sp³-hybridized carbons (Fsp3) is 0.556. The van der Waals surface area contributed by atoms with Crippen LogP contribution in [0.4, 0.5) is 0 Å². The molecule has 0 aromatic heterocycles. The van der Waals surface area contributed by atoms with Crippen LogP contribution in [0.5, 0.6) is 0 Å². The summed E-state index contributed by atoms with van der Waals surface area (Å²) in [7, 11) is 0. The molecule has 0 radical (unpaired) electrons. The molecular formula is C9H16O2. The van der Waals surface area contributed by atoms with Gasteiger partial charge in [0.05, 0.1) is 12.5 Å². The minimum Gasteiger partial charge on any atom is -0.498 e. The van der Waals surface area contributed by atoms with Crippen LogP contribution >= 0.6 is 0 Å². The maximum absolute atomic E-state index is 5.20. The predicted octanol–water partition coefficient (Wildman–Crippen LogP) is 2.33. The van der Waals surface area contributed by atoms with Crippen molar-refractivity contribution in [2.75, 3.05) is 6.61 Å². The molecule has 0 fully saturated rings. The maximum Gasteiger partial charge on any atom is 0.134 e. The monoisotopic (exact) mass is 156 g/mol. The highest BCUT2D eigenvalue weighted by Crippen LogP contribution is 2.07. The first-order chi connectivity index (χ1) is 5.22. The highest BCUT2D eigenvalue weighted by molar-refractivity contribution is 4.66. The normalized spacial score (nSPS) is 12.3. The zero-order valence-electron chi connectivity index (χ0n) is 7.25. The molecule has 0 saturated heterocycles. The summed E-state index contributed by atoms with van der Waals surface area (Å²) in [6.45, 7) is 11.6. The Hall–Kier alpha value is -0.920. The van der Waals surface area contributed by atoms with Gasteiger partial charge in [0.25, 0.3) is 0 Å². The van der Waals surface area contributed by atoms with E-state index >= 15 is 0 Å². The second-order valence-electron chi connectivity index (χ2n) is 2.59. The van der Waals surface area contributed by atoms with Crippen LogP contribution in [0.25, 0.3) is 0 Å². The van der Waals surface area contributed by atoms with E-state index in [1.165, 1.54) is 12.5 Å². The largest absolute Gasteiger partial charge is 0.498 e. The van der Waals surface area contributed by atoms with Gasteiger partial charge < -0.3 is 9.47 Å². The summed E-state index contributed by atoms with van der Waals surface area (Å²) in [6, 6.07) is 0. The van der Waals surface area contributed by atoms with Crippen LogP contribution in [-0.2, 0) is 9.47 Å². The lowest BCUT2D eigenvalue weighted by atomic mass is 10.1. The average Bonchev–Trinajstić information content (AvgIpc) is 1.97. The van der Waals surface area contributed by atoms with E-state index in [0.29, 0.717) is 12.5 Å². The van der Waals surface area contributed by atoms with Crippen molar-refractivity contribution in [3.05, 3.63) is 25.7 Å². The number of ether oxygens (including phenoxy) is 2. The van der Waals surface area contributed by atoms with E-state index in [1.54, 1.807) is 0 Å². The molecular weight excluding hydrogens is 140 g/mol. The summed E-state index contributed by atoms with van der Waals surface area (Å²) in [5, 5.41) is 0. The third-order valence-corrected chi connectivity index (χ3v) is 1.39. The van der Waals surface area contributed by atoms with Gasteiger partial charge in [-0.25, -0.2) is 0 Å². The fourth-order valence-electron chi connectivity index (χ4n) is 0.675. The average molecular weight is 156 g/mol. The van der Waals surface area contributed by atoms with Gasteiger partial charge in [0.15, 0.2) is 0 Å². The van der Waals surface area contributed by atoms with Crippen molar-refractivity contribution in [2.45, 2.75) is 20.0 Å². The molecule has 1 unspecified atom stereocenters. The molecule has 2 nitrogen and oxygen atoms in total. The Kier molecular flexibility index (Phi) is 5.35. The van der Waals surface area contributed by atoms with Crippen LogP contribution in [0, 0.1) is 5.92 Å². The molecule has 0 aromatic rings. The molecule has 0 aliphatic rings. The summed E-state index contributed by atoms with van der Waals surface area (Å²) >= 11 is 0.